The number of nitrogens with zero attached hydrogens (tertiary/aromatic N) is 1. The Kier molecular flexibility index (Phi) is 5.12. The molecule has 3 aromatic carbocycles. The van der Waals surface area contributed by atoms with Gasteiger partial charge >= 0.3 is 5.97 Å². The van der Waals surface area contributed by atoms with Gasteiger partial charge in [-0.25, -0.2) is 9.79 Å². The van der Waals surface area contributed by atoms with Crippen molar-refractivity contribution < 1.29 is 19.0 Å². The van der Waals surface area contributed by atoms with Crippen LogP contribution in [-0.4, -0.2) is 25.6 Å². The van der Waals surface area contributed by atoms with Gasteiger partial charge in [0.2, 0.25) is 5.90 Å². The maximum atomic E-state index is 12.4. The first kappa shape index (κ1) is 18.5. The molecule has 5 nitrogen and oxygen atoms in total. The predicted octanol–water partition coefficient (Wildman–Crippen LogP) is 4.76. The van der Waals surface area contributed by atoms with E-state index in [-0.39, 0.29) is 5.70 Å². The lowest BCUT2D eigenvalue weighted by Gasteiger charge is -2.09. The number of hydrogen-bond acceptors (Lipinski definition) is 5. The number of carbonyl (C=O) groups excluding carboxylic acids is 1. The molecule has 0 N–H and O–H groups in total. The van der Waals surface area contributed by atoms with Gasteiger partial charge in [0.25, 0.3) is 0 Å². The van der Waals surface area contributed by atoms with E-state index >= 15 is 0 Å². The summed E-state index contributed by atoms with van der Waals surface area (Å²) in [6.45, 7) is 4.00. The average Bonchev–Trinajstić information content (AvgIpc) is 3.12. The normalized spacial score (nSPS) is 14.6. The van der Waals surface area contributed by atoms with Gasteiger partial charge in [-0.1, -0.05) is 55.1 Å². The maximum absolute atomic E-state index is 12.4. The highest BCUT2D eigenvalue weighted by molar-refractivity contribution is 6.17. The van der Waals surface area contributed by atoms with Crippen molar-refractivity contribution in [2.24, 2.45) is 4.99 Å². The van der Waals surface area contributed by atoms with Crippen molar-refractivity contribution in [3.05, 3.63) is 90.1 Å². The van der Waals surface area contributed by atoms with Crippen molar-refractivity contribution in [3.8, 4) is 11.5 Å². The first-order valence-corrected chi connectivity index (χ1v) is 9.12. The molecule has 144 valence electrons. The van der Waals surface area contributed by atoms with Gasteiger partial charge in [-0.2, -0.15) is 0 Å². The van der Waals surface area contributed by atoms with Gasteiger partial charge in [-0.05, 0) is 40.6 Å². The molecule has 0 amide bonds. The fraction of sp³-hybridized carbons (Fsp3) is 0.0833. The van der Waals surface area contributed by atoms with Crippen LogP contribution in [0, 0.1) is 0 Å². The number of carbonyl (C=O) groups is 1. The molecule has 29 heavy (non-hydrogen) atoms. The SMILES string of the molecule is C=CCOc1cc(C=C2N=C(c3cccc4ccccc34)OC2=O)ccc1OC. The number of hydrogen-bond donors (Lipinski definition) is 0. The molecule has 0 saturated carbocycles. The van der Waals surface area contributed by atoms with Crippen LogP contribution in [0.25, 0.3) is 16.8 Å². The van der Waals surface area contributed by atoms with Gasteiger partial charge in [-0.3, -0.25) is 0 Å². The highest BCUT2D eigenvalue weighted by Crippen LogP contribution is 2.30. The Morgan fingerprint density at radius 3 is 2.72 bits per heavy atom. The first-order valence-electron chi connectivity index (χ1n) is 9.12. The second-order valence-corrected chi connectivity index (χ2v) is 6.37. The molecule has 5 heteroatoms. The zero-order chi connectivity index (χ0) is 20.2. The van der Waals surface area contributed by atoms with Gasteiger partial charge < -0.3 is 14.2 Å². The van der Waals surface area contributed by atoms with E-state index in [4.69, 9.17) is 14.2 Å². The molecule has 3 aromatic rings. The molecule has 1 aliphatic rings. The lowest BCUT2D eigenvalue weighted by Crippen LogP contribution is -2.05. The predicted molar refractivity (Wildman–Crippen MR) is 113 cm³/mol. The quantitative estimate of drug-likeness (QED) is 0.349. The fourth-order valence-corrected chi connectivity index (χ4v) is 3.14. The highest BCUT2D eigenvalue weighted by atomic mass is 16.6. The minimum atomic E-state index is -0.489. The van der Waals surface area contributed by atoms with Gasteiger partial charge in [0.05, 0.1) is 7.11 Å². The third-order valence-corrected chi connectivity index (χ3v) is 4.49. The lowest BCUT2D eigenvalue weighted by molar-refractivity contribution is -0.129. The van der Waals surface area contributed by atoms with E-state index in [0.29, 0.717) is 24.0 Å². The van der Waals surface area contributed by atoms with Gasteiger partial charge in [0.1, 0.15) is 6.61 Å². The highest BCUT2D eigenvalue weighted by Gasteiger charge is 2.25. The third kappa shape index (κ3) is 3.75. The topological polar surface area (TPSA) is 57.1 Å². The van der Waals surface area contributed by atoms with Crippen molar-refractivity contribution in [2.75, 3.05) is 13.7 Å². The van der Waals surface area contributed by atoms with Gasteiger partial charge in [-0.15, -0.1) is 0 Å². The van der Waals surface area contributed by atoms with E-state index in [1.807, 2.05) is 48.5 Å². The number of ether oxygens (including phenoxy) is 3. The van der Waals surface area contributed by atoms with Crippen LogP contribution in [0.5, 0.6) is 11.5 Å². The van der Waals surface area contributed by atoms with E-state index in [9.17, 15) is 4.79 Å². The number of aliphatic imine (C=N–C) groups is 1. The largest absolute Gasteiger partial charge is 0.493 e. The zero-order valence-electron chi connectivity index (χ0n) is 15.9. The molecule has 0 aliphatic carbocycles. The van der Waals surface area contributed by atoms with E-state index in [0.717, 1.165) is 21.9 Å². The Balaban J connectivity index is 1.70. The molecule has 0 fully saturated rings. The number of methoxy groups -OCH3 is 1. The lowest BCUT2D eigenvalue weighted by atomic mass is 10.0. The number of rotatable bonds is 6. The Morgan fingerprint density at radius 1 is 1.07 bits per heavy atom. The second kappa shape index (κ2) is 8.02. The van der Waals surface area contributed by atoms with E-state index in [1.54, 1.807) is 31.4 Å². The zero-order valence-corrected chi connectivity index (χ0v) is 15.9. The van der Waals surface area contributed by atoms with Crippen molar-refractivity contribution in [1.82, 2.24) is 0 Å². The molecule has 0 unspecified atom stereocenters. The van der Waals surface area contributed by atoms with Crippen LogP contribution in [-0.2, 0) is 9.53 Å². The minimum Gasteiger partial charge on any atom is -0.493 e. The Labute approximate surface area is 168 Å². The van der Waals surface area contributed by atoms with Crippen molar-refractivity contribution in [3.63, 3.8) is 0 Å². The van der Waals surface area contributed by atoms with Crippen LogP contribution < -0.4 is 9.47 Å². The molecule has 4 rings (SSSR count). The first-order chi connectivity index (χ1) is 14.2. The smallest absolute Gasteiger partial charge is 0.363 e. The maximum Gasteiger partial charge on any atom is 0.363 e. The fourth-order valence-electron chi connectivity index (χ4n) is 3.14. The third-order valence-electron chi connectivity index (χ3n) is 4.49. The minimum absolute atomic E-state index is 0.229. The van der Waals surface area contributed by atoms with Crippen LogP contribution in [0.3, 0.4) is 0 Å². The molecule has 0 saturated heterocycles. The summed E-state index contributed by atoms with van der Waals surface area (Å²) in [4.78, 5) is 16.8. The summed E-state index contributed by atoms with van der Waals surface area (Å²) in [5, 5.41) is 2.03. The summed E-state index contributed by atoms with van der Waals surface area (Å²) in [7, 11) is 1.57. The molecule has 1 aliphatic heterocycles. The van der Waals surface area contributed by atoms with Crippen LogP contribution >= 0.6 is 0 Å². The van der Waals surface area contributed by atoms with Gasteiger partial charge in [0.15, 0.2) is 17.2 Å². The average molecular weight is 385 g/mol. The van der Waals surface area contributed by atoms with E-state index in [2.05, 4.69) is 11.6 Å². The summed E-state index contributed by atoms with van der Waals surface area (Å²) in [5.41, 5.74) is 1.76. The summed E-state index contributed by atoms with van der Waals surface area (Å²) >= 11 is 0. The molecule has 0 aromatic heterocycles. The van der Waals surface area contributed by atoms with E-state index < -0.39 is 5.97 Å². The number of cyclic esters (lactones) is 1. The molecular formula is C24H19NO4. The Morgan fingerprint density at radius 2 is 1.90 bits per heavy atom. The van der Waals surface area contributed by atoms with Crippen LogP contribution in [0.4, 0.5) is 0 Å². The van der Waals surface area contributed by atoms with Crippen LogP contribution in [0.2, 0.25) is 0 Å². The molecule has 0 atom stereocenters. The summed E-state index contributed by atoms with van der Waals surface area (Å²) in [6, 6.07) is 19.1. The Bertz CT molecular complexity index is 1160. The standard InChI is InChI=1S/C24H19NO4/c1-3-13-28-22-15-16(11-12-21(22)27-2)14-20-24(26)29-23(25-20)19-10-6-8-17-7-4-5-9-18(17)19/h3-12,14-15H,1,13H2,2H3. The number of esters is 1. The summed E-state index contributed by atoms with van der Waals surface area (Å²) in [5.74, 6) is 0.973. The van der Waals surface area contributed by atoms with Crippen LogP contribution in [0.15, 0.2) is 84.0 Å². The molecular weight excluding hydrogens is 366 g/mol. The van der Waals surface area contributed by atoms with Crippen LogP contribution in [0.1, 0.15) is 11.1 Å². The number of fused-ring (bicyclic) bond motifs is 1. The molecule has 1 heterocycles. The molecule has 0 spiro atoms. The van der Waals surface area contributed by atoms with Crippen molar-refractivity contribution in [2.45, 2.75) is 0 Å². The van der Waals surface area contributed by atoms with Crippen molar-refractivity contribution >= 4 is 28.7 Å². The summed E-state index contributed by atoms with van der Waals surface area (Å²) < 4.78 is 16.4. The second-order valence-electron chi connectivity index (χ2n) is 6.37. The van der Waals surface area contributed by atoms with Crippen molar-refractivity contribution in [1.29, 1.82) is 0 Å². The van der Waals surface area contributed by atoms with E-state index in [1.165, 1.54) is 0 Å². The number of benzene rings is 3. The monoisotopic (exact) mass is 385 g/mol. The Hall–Kier alpha value is -3.86. The summed E-state index contributed by atoms with van der Waals surface area (Å²) in [6.07, 6.45) is 3.32. The van der Waals surface area contributed by atoms with Gasteiger partial charge in [0, 0.05) is 5.56 Å². The molecule has 0 radical (unpaired) electrons. The molecule has 0 bridgehead atoms.